The number of aliphatic carboxylic acids is 1. The van der Waals surface area contributed by atoms with Gasteiger partial charge in [0.15, 0.2) is 0 Å². The Labute approximate surface area is 119 Å². The fraction of sp³-hybridized carbons (Fsp3) is 0.429. The molecule has 1 aliphatic rings. The summed E-state index contributed by atoms with van der Waals surface area (Å²) in [6.45, 7) is -2.92. The molecule has 114 valence electrons. The topological polar surface area (TPSA) is 75.6 Å². The fourth-order valence-electron chi connectivity index (χ4n) is 2.47. The molecule has 1 aromatic carbocycles. The van der Waals surface area contributed by atoms with Gasteiger partial charge in [-0.3, -0.25) is 9.59 Å². The first kappa shape index (κ1) is 15.2. The van der Waals surface area contributed by atoms with Crippen LogP contribution < -0.4 is 10.1 Å². The Balaban J connectivity index is 1.98. The summed E-state index contributed by atoms with van der Waals surface area (Å²) in [5.74, 6) is -1.95. The number of carbonyl (C=O) groups is 2. The van der Waals surface area contributed by atoms with Crippen molar-refractivity contribution in [1.29, 1.82) is 0 Å². The van der Waals surface area contributed by atoms with Crippen molar-refractivity contribution in [3.05, 3.63) is 29.8 Å². The van der Waals surface area contributed by atoms with E-state index >= 15 is 0 Å². The number of ether oxygens (including phenoxy) is 1. The maximum absolute atomic E-state index is 12.0. The van der Waals surface area contributed by atoms with Crippen LogP contribution in [0.4, 0.5) is 8.78 Å². The van der Waals surface area contributed by atoms with Gasteiger partial charge in [-0.05, 0) is 37.1 Å². The molecule has 21 heavy (non-hydrogen) atoms. The zero-order valence-corrected chi connectivity index (χ0v) is 11.1. The molecule has 2 atom stereocenters. The van der Waals surface area contributed by atoms with Crippen LogP contribution in [0.1, 0.15) is 29.6 Å². The number of nitrogens with one attached hydrogen (secondary N) is 1. The molecule has 5 nitrogen and oxygen atoms in total. The highest BCUT2D eigenvalue weighted by molar-refractivity contribution is 5.94. The predicted molar refractivity (Wildman–Crippen MR) is 69.3 cm³/mol. The van der Waals surface area contributed by atoms with E-state index in [9.17, 15) is 18.4 Å². The van der Waals surface area contributed by atoms with E-state index < -0.39 is 30.4 Å². The summed E-state index contributed by atoms with van der Waals surface area (Å²) in [4.78, 5) is 23.0. The minimum absolute atomic E-state index is 0.0363. The van der Waals surface area contributed by atoms with Crippen molar-refractivity contribution in [3.8, 4) is 5.75 Å². The Hall–Kier alpha value is -2.18. The van der Waals surface area contributed by atoms with Gasteiger partial charge < -0.3 is 15.2 Å². The van der Waals surface area contributed by atoms with Crippen molar-refractivity contribution in [2.24, 2.45) is 5.92 Å². The number of rotatable bonds is 5. The Morgan fingerprint density at radius 1 is 1.24 bits per heavy atom. The Morgan fingerprint density at radius 3 is 2.48 bits per heavy atom. The van der Waals surface area contributed by atoms with E-state index in [0.29, 0.717) is 12.8 Å². The normalized spacial score (nSPS) is 21.3. The first-order valence-electron chi connectivity index (χ1n) is 6.56. The molecule has 0 aliphatic heterocycles. The van der Waals surface area contributed by atoms with Crippen LogP contribution in [0.5, 0.6) is 5.75 Å². The number of hydrogen-bond donors (Lipinski definition) is 2. The van der Waals surface area contributed by atoms with E-state index in [0.717, 1.165) is 6.42 Å². The number of halogens is 2. The van der Waals surface area contributed by atoms with E-state index in [2.05, 4.69) is 10.1 Å². The van der Waals surface area contributed by atoms with Gasteiger partial charge in [-0.2, -0.15) is 8.78 Å². The van der Waals surface area contributed by atoms with Gasteiger partial charge in [-0.15, -0.1) is 0 Å². The van der Waals surface area contributed by atoms with Gasteiger partial charge in [0.25, 0.3) is 5.91 Å². The summed E-state index contributed by atoms with van der Waals surface area (Å²) in [5, 5.41) is 11.7. The lowest BCUT2D eigenvalue weighted by Gasteiger charge is -2.17. The summed E-state index contributed by atoms with van der Waals surface area (Å²) >= 11 is 0. The summed E-state index contributed by atoms with van der Waals surface area (Å²) in [5.41, 5.74) is 0.271. The molecule has 1 fully saturated rings. The van der Waals surface area contributed by atoms with Gasteiger partial charge >= 0.3 is 12.6 Å². The van der Waals surface area contributed by atoms with Crippen LogP contribution in [-0.4, -0.2) is 29.6 Å². The smallest absolute Gasteiger partial charge is 0.387 e. The average Bonchev–Trinajstić information content (AvgIpc) is 2.87. The second kappa shape index (κ2) is 6.51. The summed E-state index contributed by atoms with van der Waals surface area (Å²) in [7, 11) is 0. The van der Waals surface area contributed by atoms with E-state index in [4.69, 9.17) is 5.11 Å². The van der Waals surface area contributed by atoms with Crippen LogP contribution >= 0.6 is 0 Å². The number of benzene rings is 1. The molecule has 2 unspecified atom stereocenters. The van der Waals surface area contributed by atoms with Crippen molar-refractivity contribution in [3.63, 3.8) is 0 Å². The minimum Gasteiger partial charge on any atom is -0.481 e. The molecule has 1 aliphatic carbocycles. The summed E-state index contributed by atoms with van der Waals surface area (Å²) in [6.07, 6.45) is 1.92. The molecule has 0 heterocycles. The zero-order chi connectivity index (χ0) is 15.4. The van der Waals surface area contributed by atoms with E-state index in [1.165, 1.54) is 24.3 Å². The second-order valence-corrected chi connectivity index (χ2v) is 4.86. The lowest BCUT2D eigenvalue weighted by atomic mass is 10.0. The number of carboxylic acids is 1. The Kier molecular flexibility index (Phi) is 4.72. The molecule has 1 amide bonds. The third-order valence-corrected chi connectivity index (χ3v) is 3.49. The predicted octanol–water partition coefficient (Wildman–Crippen LogP) is 2.27. The number of amides is 1. The molecule has 2 N–H and O–H groups in total. The second-order valence-electron chi connectivity index (χ2n) is 4.86. The standard InChI is InChI=1S/C14H15F2NO4/c15-14(16)21-9-6-4-8(5-7-9)12(18)17-11-3-1-2-10(11)13(19)20/h4-7,10-11,14H,1-3H2,(H,17,18)(H,19,20). The van der Waals surface area contributed by atoms with Gasteiger partial charge in [0, 0.05) is 11.6 Å². The minimum atomic E-state index is -2.92. The van der Waals surface area contributed by atoms with Crippen molar-refractivity contribution < 1.29 is 28.2 Å². The summed E-state index contributed by atoms with van der Waals surface area (Å²) in [6, 6.07) is 4.86. The molecular formula is C14H15F2NO4. The Bertz CT molecular complexity index is 518. The first-order chi connectivity index (χ1) is 9.97. The van der Waals surface area contributed by atoms with E-state index in [1.807, 2.05) is 0 Å². The van der Waals surface area contributed by atoms with Crippen LogP contribution in [0.3, 0.4) is 0 Å². The highest BCUT2D eigenvalue weighted by atomic mass is 19.3. The van der Waals surface area contributed by atoms with Crippen LogP contribution in [0.25, 0.3) is 0 Å². The lowest BCUT2D eigenvalue weighted by Crippen LogP contribution is -2.40. The van der Waals surface area contributed by atoms with Crippen molar-refractivity contribution in [2.45, 2.75) is 31.9 Å². The molecule has 2 rings (SSSR count). The van der Waals surface area contributed by atoms with Gasteiger partial charge in [0.1, 0.15) is 5.75 Å². The van der Waals surface area contributed by atoms with Crippen LogP contribution in [0.15, 0.2) is 24.3 Å². The number of hydrogen-bond acceptors (Lipinski definition) is 3. The molecule has 0 spiro atoms. The fourth-order valence-corrected chi connectivity index (χ4v) is 2.47. The van der Waals surface area contributed by atoms with Crippen molar-refractivity contribution >= 4 is 11.9 Å². The largest absolute Gasteiger partial charge is 0.481 e. The molecule has 0 saturated heterocycles. The first-order valence-corrected chi connectivity index (χ1v) is 6.56. The quantitative estimate of drug-likeness (QED) is 0.874. The Morgan fingerprint density at radius 2 is 1.90 bits per heavy atom. The number of carboxylic acid groups (broad SMARTS) is 1. The van der Waals surface area contributed by atoms with Gasteiger partial charge in [0.2, 0.25) is 0 Å². The third-order valence-electron chi connectivity index (χ3n) is 3.49. The number of carbonyl (C=O) groups excluding carboxylic acids is 1. The van der Waals surface area contributed by atoms with Crippen LogP contribution in [0, 0.1) is 5.92 Å². The molecule has 0 aromatic heterocycles. The van der Waals surface area contributed by atoms with Crippen LogP contribution in [-0.2, 0) is 4.79 Å². The SMILES string of the molecule is O=C(NC1CCCC1C(=O)O)c1ccc(OC(F)F)cc1. The van der Waals surface area contributed by atoms with Crippen LogP contribution in [0.2, 0.25) is 0 Å². The monoisotopic (exact) mass is 299 g/mol. The van der Waals surface area contributed by atoms with Crippen molar-refractivity contribution in [1.82, 2.24) is 5.32 Å². The highest BCUT2D eigenvalue weighted by Crippen LogP contribution is 2.26. The third kappa shape index (κ3) is 3.90. The molecular weight excluding hydrogens is 284 g/mol. The van der Waals surface area contributed by atoms with Gasteiger partial charge in [-0.1, -0.05) is 6.42 Å². The lowest BCUT2D eigenvalue weighted by molar-refractivity contribution is -0.142. The highest BCUT2D eigenvalue weighted by Gasteiger charge is 2.33. The zero-order valence-electron chi connectivity index (χ0n) is 11.1. The average molecular weight is 299 g/mol. The molecule has 1 aromatic rings. The maximum Gasteiger partial charge on any atom is 0.387 e. The van der Waals surface area contributed by atoms with E-state index in [-0.39, 0.29) is 11.3 Å². The van der Waals surface area contributed by atoms with Gasteiger partial charge in [-0.25, -0.2) is 0 Å². The maximum atomic E-state index is 12.0. The van der Waals surface area contributed by atoms with Gasteiger partial charge in [0.05, 0.1) is 5.92 Å². The summed E-state index contributed by atoms with van der Waals surface area (Å²) < 4.78 is 28.2. The number of alkyl halides is 2. The molecule has 1 saturated carbocycles. The molecule has 0 radical (unpaired) electrons. The van der Waals surface area contributed by atoms with E-state index in [1.54, 1.807) is 0 Å². The molecule has 0 bridgehead atoms. The molecule has 7 heteroatoms. The van der Waals surface area contributed by atoms with Crippen molar-refractivity contribution in [2.75, 3.05) is 0 Å².